The summed E-state index contributed by atoms with van der Waals surface area (Å²) >= 11 is 0. The molecule has 6 heteroatoms. The first-order chi connectivity index (χ1) is 6.48. The van der Waals surface area contributed by atoms with E-state index in [2.05, 4.69) is 5.10 Å². The molecule has 1 saturated heterocycles. The molecule has 1 aliphatic rings. The molecule has 2 heterocycles. The van der Waals surface area contributed by atoms with Gasteiger partial charge in [0.15, 0.2) is 9.84 Å². The molecule has 0 amide bonds. The quantitative estimate of drug-likeness (QED) is 0.709. The standard InChI is InChI=1S/C8H12N2O3S/c1-6-4-8(11)10(9-6)7-2-3-14(12,13)5-7/h4,7,9H,2-3,5H2,1H3/t7-/m0/s1. The first kappa shape index (κ1) is 9.51. The maximum Gasteiger partial charge on any atom is 0.266 e. The van der Waals surface area contributed by atoms with Crippen LogP contribution in [-0.4, -0.2) is 29.7 Å². The molecule has 0 radical (unpaired) electrons. The summed E-state index contributed by atoms with van der Waals surface area (Å²) in [6, 6.07) is 1.27. The van der Waals surface area contributed by atoms with Crippen LogP contribution in [0.2, 0.25) is 0 Å². The second-order valence-electron chi connectivity index (χ2n) is 3.70. The van der Waals surface area contributed by atoms with Gasteiger partial charge in [-0.1, -0.05) is 0 Å². The van der Waals surface area contributed by atoms with Crippen molar-refractivity contribution >= 4 is 9.84 Å². The van der Waals surface area contributed by atoms with Crippen LogP contribution < -0.4 is 5.56 Å². The van der Waals surface area contributed by atoms with E-state index in [4.69, 9.17) is 0 Å². The van der Waals surface area contributed by atoms with Crippen molar-refractivity contribution in [3.05, 3.63) is 22.1 Å². The van der Waals surface area contributed by atoms with E-state index < -0.39 is 9.84 Å². The summed E-state index contributed by atoms with van der Waals surface area (Å²) in [5.41, 5.74) is 0.615. The highest BCUT2D eigenvalue weighted by atomic mass is 32.2. The minimum absolute atomic E-state index is 0.0762. The number of aromatic amines is 1. The Labute approximate surface area is 81.6 Å². The predicted molar refractivity (Wildman–Crippen MR) is 52.1 cm³/mol. The first-order valence-corrected chi connectivity index (χ1v) is 6.29. The minimum atomic E-state index is -2.93. The van der Waals surface area contributed by atoms with Crippen molar-refractivity contribution in [2.24, 2.45) is 0 Å². The Balaban J connectivity index is 2.34. The van der Waals surface area contributed by atoms with Gasteiger partial charge in [0.1, 0.15) is 0 Å². The molecular formula is C8H12N2O3S. The third kappa shape index (κ3) is 1.61. The predicted octanol–water partition coefficient (Wildman–Crippen LogP) is -0.156. The van der Waals surface area contributed by atoms with Crippen molar-refractivity contribution < 1.29 is 8.42 Å². The molecule has 0 bridgehead atoms. The number of H-pyrrole nitrogens is 1. The number of nitrogens with zero attached hydrogens (tertiary/aromatic N) is 1. The monoisotopic (exact) mass is 216 g/mol. The van der Waals surface area contributed by atoms with Crippen molar-refractivity contribution in [2.75, 3.05) is 11.5 Å². The van der Waals surface area contributed by atoms with Crippen molar-refractivity contribution in [3.8, 4) is 0 Å². The number of hydrogen-bond donors (Lipinski definition) is 1. The van der Waals surface area contributed by atoms with Gasteiger partial charge in [-0.2, -0.15) is 0 Å². The fourth-order valence-corrected chi connectivity index (χ4v) is 3.48. The normalized spacial score (nSPS) is 25.4. The molecule has 2 rings (SSSR count). The van der Waals surface area contributed by atoms with Crippen LogP contribution in [0, 0.1) is 6.92 Å². The summed E-state index contributed by atoms with van der Waals surface area (Å²) in [5.74, 6) is 0.259. The second-order valence-corrected chi connectivity index (χ2v) is 5.93. The van der Waals surface area contributed by atoms with Crippen molar-refractivity contribution in [2.45, 2.75) is 19.4 Å². The zero-order valence-electron chi connectivity index (χ0n) is 7.86. The Kier molecular flexibility index (Phi) is 2.02. The van der Waals surface area contributed by atoms with Gasteiger partial charge in [-0.25, -0.2) is 13.1 Å². The number of sulfone groups is 1. The third-order valence-electron chi connectivity index (χ3n) is 2.45. The lowest BCUT2D eigenvalue weighted by molar-refractivity contribution is 0.484. The van der Waals surface area contributed by atoms with Crippen LogP contribution in [0.5, 0.6) is 0 Å². The number of aryl methyl sites for hydroxylation is 1. The van der Waals surface area contributed by atoms with Crippen LogP contribution in [0.3, 0.4) is 0 Å². The average Bonchev–Trinajstić information content (AvgIpc) is 2.55. The molecule has 0 unspecified atom stereocenters. The summed E-state index contributed by atoms with van der Waals surface area (Å²) in [7, 11) is -2.93. The van der Waals surface area contributed by atoms with E-state index in [0.717, 1.165) is 5.69 Å². The van der Waals surface area contributed by atoms with E-state index in [1.54, 1.807) is 6.92 Å². The Morgan fingerprint density at radius 1 is 1.57 bits per heavy atom. The van der Waals surface area contributed by atoms with Gasteiger partial charge in [-0.05, 0) is 13.3 Å². The van der Waals surface area contributed by atoms with Crippen LogP contribution in [0.4, 0.5) is 0 Å². The summed E-state index contributed by atoms with van der Waals surface area (Å²) < 4.78 is 23.8. The van der Waals surface area contributed by atoms with Crippen LogP contribution in [0.25, 0.3) is 0 Å². The van der Waals surface area contributed by atoms with Gasteiger partial charge >= 0.3 is 0 Å². The van der Waals surface area contributed by atoms with E-state index in [0.29, 0.717) is 6.42 Å². The molecule has 78 valence electrons. The maximum atomic E-state index is 11.4. The van der Waals surface area contributed by atoms with Gasteiger partial charge < -0.3 is 0 Å². The fraction of sp³-hybridized carbons (Fsp3) is 0.625. The largest absolute Gasteiger partial charge is 0.300 e. The van der Waals surface area contributed by atoms with E-state index >= 15 is 0 Å². The van der Waals surface area contributed by atoms with E-state index in [1.165, 1.54) is 10.7 Å². The van der Waals surface area contributed by atoms with Crippen LogP contribution >= 0.6 is 0 Å². The minimum Gasteiger partial charge on any atom is -0.300 e. The molecule has 0 aromatic carbocycles. The average molecular weight is 216 g/mol. The van der Waals surface area contributed by atoms with Crippen LogP contribution in [-0.2, 0) is 9.84 Å². The summed E-state index contributed by atoms with van der Waals surface area (Å²) in [6.45, 7) is 1.78. The van der Waals surface area contributed by atoms with Crippen LogP contribution in [0.15, 0.2) is 10.9 Å². The topological polar surface area (TPSA) is 71.9 Å². The van der Waals surface area contributed by atoms with Crippen molar-refractivity contribution in [1.82, 2.24) is 9.78 Å². The Morgan fingerprint density at radius 2 is 2.29 bits per heavy atom. The Bertz CT molecular complexity index is 497. The molecule has 0 aliphatic carbocycles. The van der Waals surface area contributed by atoms with Crippen LogP contribution in [0.1, 0.15) is 18.2 Å². The SMILES string of the molecule is Cc1cc(=O)n([C@H]2CCS(=O)(=O)C2)[nH]1. The van der Waals surface area contributed by atoms with Gasteiger partial charge in [0.2, 0.25) is 0 Å². The fourth-order valence-electron chi connectivity index (χ4n) is 1.78. The summed E-state index contributed by atoms with van der Waals surface area (Å²) in [5, 5.41) is 2.86. The molecule has 1 fully saturated rings. The van der Waals surface area contributed by atoms with E-state index in [-0.39, 0.29) is 23.1 Å². The van der Waals surface area contributed by atoms with Gasteiger partial charge in [0, 0.05) is 11.8 Å². The number of nitrogens with one attached hydrogen (secondary N) is 1. The molecule has 1 aromatic rings. The maximum absolute atomic E-state index is 11.4. The first-order valence-electron chi connectivity index (χ1n) is 4.46. The summed E-state index contributed by atoms with van der Waals surface area (Å²) in [4.78, 5) is 11.4. The zero-order chi connectivity index (χ0) is 10.3. The highest BCUT2D eigenvalue weighted by Gasteiger charge is 2.30. The van der Waals surface area contributed by atoms with Gasteiger partial charge in [0.05, 0.1) is 17.5 Å². The van der Waals surface area contributed by atoms with Crippen molar-refractivity contribution in [3.63, 3.8) is 0 Å². The molecule has 1 atom stereocenters. The lowest BCUT2D eigenvalue weighted by atomic mass is 10.3. The smallest absolute Gasteiger partial charge is 0.266 e. The molecule has 5 nitrogen and oxygen atoms in total. The van der Waals surface area contributed by atoms with Gasteiger partial charge in [-0.15, -0.1) is 0 Å². The van der Waals surface area contributed by atoms with E-state index in [1.807, 2.05) is 0 Å². The molecule has 0 saturated carbocycles. The molecule has 1 aromatic heterocycles. The Morgan fingerprint density at radius 3 is 2.71 bits per heavy atom. The van der Waals surface area contributed by atoms with Crippen molar-refractivity contribution in [1.29, 1.82) is 0 Å². The molecule has 1 aliphatic heterocycles. The highest BCUT2D eigenvalue weighted by molar-refractivity contribution is 7.91. The lowest BCUT2D eigenvalue weighted by Gasteiger charge is -2.07. The van der Waals surface area contributed by atoms with Gasteiger partial charge in [0.25, 0.3) is 5.56 Å². The lowest BCUT2D eigenvalue weighted by Crippen LogP contribution is -2.22. The summed E-state index contributed by atoms with van der Waals surface area (Å²) in [6.07, 6.45) is 0.530. The Hall–Kier alpha value is -1.04. The molecule has 1 N–H and O–H groups in total. The second kappa shape index (κ2) is 2.98. The molecular weight excluding hydrogens is 204 g/mol. The third-order valence-corrected chi connectivity index (χ3v) is 4.20. The van der Waals surface area contributed by atoms with Gasteiger partial charge in [-0.3, -0.25) is 9.89 Å². The number of hydrogen-bond acceptors (Lipinski definition) is 3. The molecule has 0 spiro atoms. The number of rotatable bonds is 1. The number of aromatic nitrogens is 2. The molecule has 14 heavy (non-hydrogen) atoms. The van der Waals surface area contributed by atoms with E-state index in [9.17, 15) is 13.2 Å². The zero-order valence-corrected chi connectivity index (χ0v) is 8.67. The highest BCUT2D eigenvalue weighted by Crippen LogP contribution is 2.21.